The van der Waals surface area contributed by atoms with Crippen molar-refractivity contribution in [2.24, 2.45) is 5.73 Å². The van der Waals surface area contributed by atoms with Crippen molar-refractivity contribution < 1.29 is 9.90 Å². The molecule has 0 rings (SSSR count). The molecular formula is C8H17NO2S. The minimum atomic E-state index is -0.911. The summed E-state index contributed by atoms with van der Waals surface area (Å²) in [5.74, 6) is -0.401. The molecule has 0 bridgehead atoms. The molecule has 0 aliphatic carbocycles. The van der Waals surface area contributed by atoms with Crippen LogP contribution in [0.25, 0.3) is 0 Å². The normalized spacial score (nSPS) is 15.6. The van der Waals surface area contributed by atoms with Crippen LogP contribution in [0, 0.1) is 0 Å². The Kier molecular flexibility index (Phi) is 6.20. The van der Waals surface area contributed by atoms with E-state index < -0.39 is 12.0 Å². The second-order valence-corrected chi connectivity index (χ2v) is 4.35. The minimum absolute atomic E-state index is 0.510. The maximum atomic E-state index is 10.3. The zero-order valence-corrected chi connectivity index (χ0v) is 8.43. The van der Waals surface area contributed by atoms with E-state index in [4.69, 9.17) is 10.8 Å². The quantitative estimate of drug-likeness (QED) is 0.664. The number of hydrogen-bond acceptors (Lipinski definition) is 3. The number of hydrogen-bond donors (Lipinski definition) is 2. The van der Waals surface area contributed by atoms with E-state index >= 15 is 0 Å². The number of rotatable bonds is 6. The van der Waals surface area contributed by atoms with E-state index in [1.165, 1.54) is 0 Å². The van der Waals surface area contributed by atoms with E-state index in [-0.39, 0.29) is 0 Å². The first kappa shape index (κ1) is 11.8. The molecule has 0 aromatic carbocycles. The highest BCUT2D eigenvalue weighted by molar-refractivity contribution is 7.99. The summed E-state index contributed by atoms with van der Waals surface area (Å²) in [6, 6.07) is -0.714. The Morgan fingerprint density at radius 2 is 2.25 bits per heavy atom. The average molecular weight is 191 g/mol. The van der Waals surface area contributed by atoms with E-state index in [0.29, 0.717) is 11.0 Å². The van der Waals surface area contributed by atoms with Gasteiger partial charge in [0.25, 0.3) is 0 Å². The Morgan fingerprint density at radius 3 is 2.67 bits per heavy atom. The second kappa shape index (κ2) is 6.31. The standard InChI is InChI=1S/C8H17NO2S/c1-3-4-6(2)12-5-7(9)8(10)11/h6-7H,3-5,9H2,1-2H3,(H,10,11)/t6?,7-/m1/s1. The zero-order chi connectivity index (χ0) is 9.56. The minimum Gasteiger partial charge on any atom is -0.480 e. The fourth-order valence-electron chi connectivity index (χ4n) is 0.829. The third kappa shape index (κ3) is 5.43. The fourth-order valence-corrected chi connectivity index (χ4v) is 1.91. The summed E-state index contributed by atoms with van der Waals surface area (Å²) in [5.41, 5.74) is 5.34. The largest absolute Gasteiger partial charge is 0.480 e. The fraction of sp³-hybridized carbons (Fsp3) is 0.875. The van der Waals surface area contributed by atoms with Crippen molar-refractivity contribution in [2.45, 2.75) is 38.0 Å². The highest BCUT2D eigenvalue weighted by Gasteiger charge is 2.12. The molecule has 72 valence electrons. The van der Waals surface area contributed by atoms with Crippen LogP contribution < -0.4 is 5.73 Å². The summed E-state index contributed by atoms with van der Waals surface area (Å²) in [6.07, 6.45) is 2.26. The van der Waals surface area contributed by atoms with Crippen molar-refractivity contribution >= 4 is 17.7 Å². The van der Waals surface area contributed by atoms with Crippen molar-refractivity contribution in [2.75, 3.05) is 5.75 Å². The topological polar surface area (TPSA) is 63.3 Å². The molecule has 0 fully saturated rings. The molecule has 0 saturated heterocycles. The number of thioether (sulfide) groups is 1. The molecule has 0 aliphatic rings. The third-order valence-corrected chi connectivity index (χ3v) is 2.93. The number of aliphatic carboxylic acids is 1. The zero-order valence-electron chi connectivity index (χ0n) is 7.62. The predicted molar refractivity (Wildman–Crippen MR) is 52.4 cm³/mol. The van der Waals surface area contributed by atoms with Crippen LogP contribution >= 0.6 is 11.8 Å². The summed E-state index contributed by atoms with van der Waals surface area (Å²) in [5, 5.41) is 9.00. The Bertz CT molecular complexity index is 141. The molecule has 0 heterocycles. The summed E-state index contributed by atoms with van der Waals surface area (Å²) in [4.78, 5) is 10.3. The maximum Gasteiger partial charge on any atom is 0.321 e. The monoisotopic (exact) mass is 191 g/mol. The first-order valence-corrected chi connectivity index (χ1v) is 5.22. The SMILES string of the molecule is CCCC(C)SC[C@@H](N)C(=O)O. The van der Waals surface area contributed by atoms with Gasteiger partial charge < -0.3 is 10.8 Å². The Hall–Kier alpha value is -0.220. The lowest BCUT2D eigenvalue weighted by molar-refractivity contribution is -0.137. The highest BCUT2D eigenvalue weighted by atomic mass is 32.2. The van der Waals surface area contributed by atoms with Gasteiger partial charge in [-0.2, -0.15) is 11.8 Å². The van der Waals surface area contributed by atoms with Crippen LogP contribution in [0.2, 0.25) is 0 Å². The smallest absolute Gasteiger partial charge is 0.321 e. The number of carboxylic acids is 1. The molecule has 12 heavy (non-hydrogen) atoms. The third-order valence-electron chi connectivity index (χ3n) is 1.57. The van der Waals surface area contributed by atoms with Gasteiger partial charge in [-0.15, -0.1) is 0 Å². The molecule has 0 amide bonds. The van der Waals surface area contributed by atoms with Gasteiger partial charge in [0.05, 0.1) is 0 Å². The molecule has 0 aromatic rings. The number of carboxylic acid groups (broad SMARTS) is 1. The molecule has 3 nitrogen and oxygen atoms in total. The molecule has 0 saturated carbocycles. The summed E-state index contributed by atoms with van der Waals surface area (Å²) < 4.78 is 0. The Balaban J connectivity index is 3.46. The van der Waals surface area contributed by atoms with E-state index in [0.717, 1.165) is 12.8 Å². The maximum absolute atomic E-state index is 10.3. The molecular weight excluding hydrogens is 174 g/mol. The van der Waals surface area contributed by atoms with Crippen LogP contribution in [0.1, 0.15) is 26.7 Å². The molecule has 0 radical (unpaired) electrons. The van der Waals surface area contributed by atoms with Crippen molar-refractivity contribution in [3.63, 3.8) is 0 Å². The van der Waals surface area contributed by atoms with Gasteiger partial charge in [-0.1, -0.05) is 20.3 Å². The van der Waals surface area contributed by atoms with Crippen LogP contribution in [-0.2, 0) is 4.79 Å². The molecule has 0 spiro atoms. The lowest BCUT2D eigenvalue weighted by Crippen LogP contribution is -2.33. The summed E-state index contributed by atoms with van der Waals surface area (Å²) in [7, 11) is 0. The average Bonchev–Trinajstić information content (AvgIpc) is 2.00. The van der Waals surface area contributed by atoms with E-state index in [1.807, 2.05) is 0 Å². The van der Waals surface area contributed by atoms with Crippen molar-refractivity contribution in [3.05, 3.63) is 0 Å². The molecule has 4 heteroatoms. The van der Waals surface area contributed by atoms with Crippen molar-refractivity contribution in [1.29, 1.82) is 0 Å². The lowest BCUT2D eigenvalue weighted by atomic mass is 10.3. The molecule has 2 atom stereocenters. The summed E-state index contributed by atoms with van der Waals surface area (Å²) >= 11 is 1.63. The lowest BCUT2D eigenvalue weighted by Gasteiger charge is -2.11. The predicted octanol–water partition coefficient (Wildman–Crippen LogP) is 1.32. The van der Waals surface area contributed by atoms with Gasteiger partial charge in [-0.3, -0.25) is 4.79 Å². The number of carbonyl (C=O) groups is 1. The first-order chi connectivity index (χ1) is 5.57. The number of nitrogens with two attached hydrogens (primary N) is 1. The molecule has 1 unspecified atom stereocenters. The Labute approximate surface area is 77.7 Å². The first-order valence-electron chi connectivity index (χ1n) is 4.18. The van der Waals surface area contributed by atoms with Crippen LogP contribution in [0.15, 0.2) is 0 Å². The van der Waals surface area contributed by atoms with Crippen LogP contribution in [0.3, 0.4) is 0 Å². The Morgan fingerprint density at radius 1 is 1.67 bits per heavy atom. The highest BCUT2D eigenvalue weighted by Crippen LogP contribution is 2.15. The van der Waals surface area contributed by atoms with Gasteiger partial charge in [0, 0.05) is 11.0 Å². The van der Waals surface area contributed by atoms with E-state index in [2.05, 4.69) is 13.8 Å². The molecule has 0 aliphatic heterocycles. The van der Waals surface area contributed by atoms with Crippen LogP contribution in [0.4, 0.5) is 0 Å². The van der Waals surface area contributed by atoms with Crippen LogP contribution in [0.5, 0.6) is 0 Å². The van der Waals surface area contributed by atoms with E-state index in [1.54, 1.807) is 11.8 Å². The van der Waals surface area contributed by atoms with Gasteiger partial charge in [-0.25, -0.2) is 0 Å². The second-order valence-electron chi connectivity index (χ2n) is 2.88. The van der Waals surface area contributed by atoms with Gasteiger partial charge in [0.15, 0.2) is 0 Å². The van der Waals surface area contributed by atoms with Gasteiger partial charge in [0.2, 0.25) is 0 Å². The van der Waals surface area contributed by atoms with Gasteiger partial charge in [-0.05, 0) is 6.42 Å². The molecule has 0 aromatic heterocycles. The molecule has 3 N–H and O–H groups in total. The van der Waals surface area contributed by atoms with Gasteiger partial charge >= 0.3 is 5.97 Å². The van der Waals surface area contributed by atoms with Crippen molar-refractivity contribution in [3.8, 4) is 0 Å². The summed E-state index contributed by atoms with van der Waals surface area (Å²) in [6.45, 7) is 4.22. The van der Waals surface area contributed by atoms with Gasteiger partial charge in [0.1, 0.15) is 6.04 Å². The van der Waals surface area contributed by atoms with Crippen LogP contribution in [-0.4, -0.2) is 28.1 Å². The van der Waals surface area contributed by atoms with Crippen molar-refractivity contribution in [1.82, 2.24) is 0 Å². The van der Waals surface area contributed by atoms with E-state index in [9.17, 15) is 4.79 Å².